The minimum absolute atomic E-state index is 0.0410. The van der Waals surface area contributed by atoms with Crippen molar-refractivity contribution >= 4 is 11.6 Å². The maximum Gasteiger partial charge on any atom is 0.428 e. The van der Waals surface area contributed by atoms with E-state index in [0.717, 1.165) is 33.8 Å². The molecule has 0 aliphatic carbocycles. The highest BCUT2D eigenvalue weighted by Gasteiger charge is 2.26. The van der Waals surface area contributed by atoms with E-state index in [-0.39, 0.29) is 17.7 Å². The molecule has 4 aromatic rings. The van der Waals surface area contributed by atoms with Crippen LogP contribution in [0.4, 0.5) is 5.95 Å². The van der Waals surface area contributed by atoms with Crippen LogP contribution in [0.1, 0.15) is 31.3 Å². The van der Waals surface area contributed by atoms with Crippen molar-refractivity contribution in [3.05, 3.63) is 64.3 Å². The lowest BCUT2D eigenvalue weighted by molar-refractivity contribution is -0.517. The number of nitrogens with two attached hydrogens (primary N) is 1. The van der Waals surface area contributed by atoms with E-state index in [9.17, 15) is 4.79 Å². The number of hydrogen-bond donors (Lipinski definition) is 2. The summed E-state index contributed by atoms with van der Waals surface area (Å²) in [7, 11) is 0. The van der Waals surface area contributed by atoms with Gasteiger partial charge in [0.05, 0.1) is 11.6 Å². The maximum atomic E-state index is 12.9. The lowest BCUT2D eigenvalue weighted by atomic mass is 9.99. The van der Waals surface area contributed by atoms with Crippen LogP contribution in [0.3, 0.4) is 0 Å². The zero-order chi connectivity index (χ0) is 20.0. The number of hydrogen-bond acceptors (Lipinski definition) is 4. The molecule has 0 aliphatic rings. The Morgan fingerprint density at radius 2 is 1.68 bits per heavy atom. The van der Waals surface area contributed by atoms with Gasteiger partial charge in [0, 0.05) is 17.0 Å². The van der Waals surface area contributed by atoms with E-state index in [4.69, 9.17) is 5.73 Å². The Bertz CT molecular complexity index is 1220. The quantitative estimate of drug-likeness (QED) is 0.539. The summed E-state index contributed by atoms with van der Waals surface area (Å²) >= 11 is 0. The fourth-order valence-corrected chi connectivity index (χ4v) is 3.54. The van der Waals surface area contributed by atoms with Gasteiger partial charge in [-0.15, -0.1) is 9.38 Å². The average Bonchev–Trinajstić information content (AvgIpc) is 2.99. The van der Waals surface area contributed by atoms with Crippen LogP contribution in [-0.4, -0.2) is 19.7 Å². The Morgan fingerprint density at radius 1 is 1.04 bits per heavy atom. The molecule has 0 atom stereocenters. The zero-order valence-corrected chi connectivity index (χ0v) is 16.4. The van der Waals surface area contributed by atoms with E-state index in [2.05, 4.69) is 15.1 Å². The number of nitrogen functional groups attached to an aromatic ring is 1. The van der Waals surface area contributed by atoms with Gasteiger partial charge in [0.1, 0.15) is 5.69 Å². The number of pyridine rings is 1. The summed E-state index contributed by atoms with van der Waals surface area (Å²) in [5, 5.41) is 3.25. The van der Waals surface area contributed by atoms with Gasteiger partial charge in [0.15, 0.2) is 0 Å². The fourth-order valence-electron chi connectivity index (χ4n) is 3.54. The topological polar surface area (TPSA) is 93.7 Å². The van der Waals surface area contributed by atoms with Gasteiger partial charge in [-0.25, -0.2) is 9.89 Å². The fraction of sp³-hybridized carbons (Fsp3) is 0.238. The largest absolute Gasteiger partial charge is 0.428 e. The monoisotopic (exact) mass is 375 g/mol. The van der Waals surface area contributed by atoms with E-state index in [1.54, 1.807) is 4.68 Å². The number of benzene rings is 1. The van der Waals surface area contributed by atoms with Gasteiger partial charge in [-0.05, 0) is 45.4 Å². The number of aryl methyl sites for hydroxylation is 2. The molecule has 0 radical (unpaired) electrons. The Labute approximate surface area is 162 Å². The molecule has 28 heavy (non-hydrogen) atoms. The average molecular weight is 375 g/mol. The Morgan fingerprint density at radius 3 is 2.29 bits per heavy atom. The smallest absolute Gasteiger partial charge is 0.319 e. The highest BCUT2D eigenvalue weighted by atomic mass is 16.2. The molecule has 1 aromatic carbocycles. The van der Waals surface area contributed by atoms with Crippen LogP contribution >= 0.6 is 0 Å². The molecule has 4 rings (SSSR count). The lowest BCUT2D eigenvalue weighted by Crippen LogP contribution is -2.44. The molecule has 0 saturated heterocycles. The molecule has 7 heteroatoms. The summed E-state index contributed by atoms with van der Waals surface area (Å²) in [6, 6.07) is 13.8. The molecule has 3 N–H and O–H groups in total. The van der Waals surface area contributed by atoms with Crippen LogP contribution in [0.2, 0.25) is 0 Å². The van der Waals surface area contributed by atoms with E-state index in [0.29, 0.717) is 5.65 Å². The molecule has 142 valence electrons. The third-order valence-corrected chi connectivity index (χ3v) is 4.71. The maximum absolute atomic E-state index is 12.9. The van der Waals surface area contributed by atoms with Crippen LogP contribution in [-0.2, 0) is 0 Å². The standard InChI is InChI=1S/C21H22N6O/c1-12(2)27-21(28)26-19(25-27)17(16-10-13(3)23-14(4)11-16)18(24-20(26)22)15-8-6-5-7-9-15/h5-12H,1-4H3,(H2,22,23,24,25)/p+1. The molecular weight excluding hydrogens is 352 g/mol. The highest BCUT2D eigenvalue weighted by molar-refractivity contribution is 5.88. The first-order chi connectivity index (χ1) is 13.4. The van der Waals surface area contributed by atoms with Crippen molar-refractivity contribution in [1.82, 2.24) is 19.7 Å². The first kappa shape index (κ1) is 17.9. The molecule has 0 unspecified atom stereocenters. The van der Waals surface area contributed by atoms with Crippen LogP contribution in [0.25, 0.3) is 28.0 Å². The summed E-state index contributed by atoms with van der Waals surface area (Å²) in [6.45, 7) is 7.80. The molecule has 0 spiro atoms. The van der Waals surface area contributed by atoms with Gasteiger partial charge in [-0.3, -0.25) is 4.98 Å². The van der Waals surface area contributed by atoms with E-state index in [1.807, 2.05) is 70.2 Å². The predicted octanol–water partition coefficient (Wildman–Crippen LogP) is 2.82. The number of fused-ring (bicyclic) bond motifs is 1. The van der Waals surface area contributed by atoms with Crippen molar-refractivity contribution in [2.75, 3.05) is 5.73 Å². The molecular formula is C21H23N6O+. The van der Waals surface area contributed by atoms with E-state index < -0.39 is 0 Å². The number of nitrogens with one attached hydrogen (secondary N) is 1. The van der Waals surface area contributed by atoms with Gasteiger partial charge in [0.2, 0.25) is 5.65 Å². The van der Waals surface area contributed by atoms with E-state index in [1.165, 1.54) is 4.40 Å². The van der Waals surface area contributed by atoms with Crippen molar-refractivity contribution in [3.8, 4) is 22.4 Å². The second-order valence-corrected chi connectivity index (χ2v) is 7.24. The van der Waals surface area contributed by atoms with Gasteiger partial charge < -0.3 is 5.73 Å². The van der Waals surface area contributed by atoms with Crippen molar-refractivity contribution < 1.29 is 4.40 Å². The second kappa shape index (κ2) is 6.60. The molecule has 7 nitrogen and oxygen atoms in total. The minimum atomic E-state index is -0.238. The number of H-pyrrole nitrogens is 1. The summed E-state index contributed by atoms with van der Waals surface area (Å²) < 4.78 is 3.00. The molecule has 0 amide bonds. The third kappa shape index (κ3) is 2.85. The number of nitrogens with zero attached hydrogens (tertiary/aromatic N) is 4. The first-order valence-electron chi connectivity index (χ1n) is 9.23. The van der Waals surface area contributed by atoms with E-state index >= 15 is 0 Å². The van der Waals surface area contributed by atoms with Gasteiger partial charge in [-0.1, -0.05) is 30.3 Å². The lowest BCUT2D eigenvalue weighted by Gasteiger charge is -2.10. The minimum Gasteiger partial charge on any atom is -0.319 e. The van der Waals surface area contributed by atoms with Crippen molar-refractivity contribution in [1.29, 1.82) is 0 Å². The number of rotatable bonds is 3. The number of aromatic nitrogens is 5. The Balaban J connectivity index is 2.19. The Hall–Kier alpha value is -3.48. The normalized spacial score (nSPS) is 11.5. The van der Waals surface area contributed by atoms with Crippen LogP contribution in [0, 0.1) is 13.8 Å². The summed E-state index contributed by atoms with van der Waals surface area (Å²) in [5.41, 5.74) is 11.8. The molecule has 0 fully saturated rings. The van der Waals surface area contributed by atoms with Gasteiger partial charge in [0.25, 0.3) is 0 Å². The molecule has 0 bridgehead atoms. The molecule has 0 saturated carbocycles. The predicted molar refractivity (Wildman–Crippen MR) is 109 cm³/mol. The number of anilines is 1. The second-order valence-electron chi connectivity index (χ2n) is 7.24. The third-order valence-electron chi connectivity index (χ3n) is 4.71. The van der Waals surface area contributed by atoms with Gasteiger partial charge in [-0.2, -0.15) is 4.68 Å². The first-order valence-corrected chi connectivity index (χ1v) is 9.23. The van der Waals surface area contributed by atoms with Crippen LogP contribution in [0.15, 0.2) is 47.3 Å². The highest BCUT2D eigenvalue weighted by Crippen LogP contribution is 2.33. The van der Waals surface area contributed by atoms with Crippen LogP contribution < -0.4 is 15.8 Å². The Kier molecular flexibility index (Phi) is 4.22. The zero-order valence-electron chi connectivity index (χ0n) is 16.4. The number of aromatic amines is 1. The van der Waals surface area contributed by atoms with Crippen molar-refractivity contribution in [2.45, 2.75) is 33.7 Å². The van der Waals surface area contributed by atoms with Gasteiger partial charge >= 0.3 is 11.6 Å². The molecule has 3 heterocycles. The summed E-state index contributed by atoms with van der Waals surface area (Å²) in [6.07, 6.45) is 0. The summed E-state index contributed by atoms with van der Waals surface area (Å²) in [4.78, 5) is 22.0. The SMILES string of the molecule is Cc1cc(-c2c(-c3ccccc3)nc(N)[n+]3c(=O)n(C(C)C)[nH]c23)cc(C)n1. The van der Waals surface area contributed by atoms with Crippen molar-refractivity contribution in [3.63, 3.8) is 0 Å². The van der Waals surface area contributed by atoms with Crippen LogP contribution in [0.5, 0.6) is 0 Å². The summed E-state index contributed by atoms with van der Waals surface area (Å²) in [5.74, 6) is 0.153. The molecule has 0 aliphatic heterocycles. The van der Waals surface area contributed by atoms with Crippen molar-refractivity contribution in [2.24, 2.45) is 0 Å². The molecule has 3 aromatic heterocycles.